The number of oxime groups is 5. The second kappa shape index (κ2) is 69.9. The minimum Gasteiger partial charge on any atom is -0.469 e. The molecule has 0 heterocycles. The zero-order valence-corrected chi connectivity index (χ0v) is 82.7. The van der Waals surface area contributed by atoms with Crippen LogP contribution in [0.15, 0.2) is 177 Å². The molecule has 0 saturated carbocycles. The number of hydrogen-bond acceptors (Lipinski definition) is 34. The van der Waals surface area contributed by atoms with E-state index in [0.29, 0.717) is 32.1 Å². The molecule has 34 heteroatoms. The SMILES string of the molecule is COC(=O)C(CC(=O)CO/N=C(/[C@@H](OC)C(C)C)[C@@H](O)[C@@H](C)O)Cc1ccccc1.COC(=O)[C@@H](CC(=O)CO/N=C(/[C@@H](OC)C(C)C)[C@@H](O)[C@@H](C)O)Cc1ccccc1.CO[C@H](/C(=N/OCC(=O)CCCc1ccccc1)[C@@H](O)[C@@H](C)O)C(C)C.CO[C@H](/C(=N/OCC(=O)CCc1ccccc1)[C@@H](O)[C@@H](C)O)C(C)C.CO[C@H](/C(=N/OCC(=O)Cc1ccccc1)[C@@H](O)[C@@H](C)O)C(C)C. The van der Waals surface area contributed by atoms with E-state index in [0.717, 1.165) is 35.1 Å². The van der Waals surface area contributed by atoms with Crippen molar-refractivity contribution in [2.45, 2.75) is 260 Å². The van der Waals surface area contributed by atoms with Crippen molar-refractivity contribution in [2.75, 3.05) is 82.8 Å². The number of Topliss-reactive ketones (excluding diaryl/α,β-unsaturated/α-hetero) is 5. The van der Waals surface area contributed by atoms with E-state index in [1.54, 1.807) is 0 Å². The van der Waals surface area contributed by atoms with Crippen LogP contribution in [0.3, 0.4) is 0 Å². The van der Waals surface area contributed by atoms with Crippen molar-refractivity contribution < 1.29 is 142 Å². The number of benzene rings is 5. The molecule has 1 unspecified atom stereocenters. The van der Waals surface area contributed by atoms with E-state index < -0.39 is 115 Å². The number of esters is 2. The molecule has 0 aliphatic carbocycles. The highest BCUT2D eigenvalue weighted by atomic mass is 16.7. The maximum absolute atomic E-state index is 12.4. The molecule has 0 bridgehead atoms. The maximum atomic E-state index is 12.4. The minimum atomic E-state index is -1.30. The molecule has 10 N–H and O–H groups in total. The lowest BCUT2D eigenvalue weighted by atomic mass is 9.94. The van der Waals surface area contributed by atoms with Gasteiger partial charge in [-0.15, -0.1) is 0 Å². The van der Waals surface area contributed by atoms with Crippen LogP contribution in [0.2, 0.25) is 0 Å². The largest absolute Gasteiger partial charge is 0.469 e. The maximum Gasteiger partial charge on any atom is 0.309 e. The van der Waals surface area contributed by atoms with Crippen LogP contribution >= 0.6 is 0 Å². The Morgan fingerprint density at radius 2 is 0.481 bits per heavy atom. The van der Waals surface area contributed by atoms with Gasteiger partial charge in [0.1, 0.15) is 89.6 Å². The highest BCUT2D eigenvalue weighted by Crippen LogP contribution is 2.23. The Hall–Kier alpha value is -9.86. The molecular formula is C101H153N5O29. The molecule has 17 atom stereocenters. The quantitative estimate of drug-likeness (QED) is 0.00983. The average molecular weight is 1900 g/mol. The standard InChI is InChI=1S/2C22H33NO7.C20H31NO5.C19H29NO5.C18H27NO5/c2*1-14(2)21(28-4)19(20(26)15(3)24)23-30-13-18(25)12-17(22(27)29-5)11-16-9-7-6-8-10-16;1-14(2)20(25-4)18(19(24)15(3)22)21-26-13-17(23)12-8-11-16-9-6-5-7-10-16;1-13(2)19(24-4)17(18(23)14(3)21)20-25-12-16(22)11-10-15-8-6-5-7-9-15;1-12(2)18(23-4)16(17(22)13(3)20)19-24-11-15(21)10-14-8-6-5-7-9-14/h2*6-10,14-15,17,20-21,24,26H,11-13H2,1-5H3;5-7,9-10,14-15,19-20,22,24H,8,11-13H2,1-4H3;5-9,13-14,18-19,21,23H,10-12H2,1-4H3;5-9,12-13,17-18,20,22H,10-11H2,1-4H3/b2*23-19+;21-18+;20-17+;19-16+/t15-,17?,20+,21+;15-,17-,20+,21+;15-,19+,20+;14-,18+,19+;13-,17+,18+/m11111/s1. The molecule has 0 aromatic heterocycles. The third-order valence-corrected chi connectivity index (χ3v) is 20.7. The second-order valence-corrected chi connectivity index (χ2v) is 34.3. The highest BCUT2D eigenvalue weighted by molar-refractivity contribution is 5.96. The smallest absolute Gasteiger partial charge is 0.309 e. The fraction of sp³-hybridized carbons (Fsp3) is 0.584. The first-order chi connectivity index (χ1) is 64.0. The van der Waals surface area contributed by atoms with Crippen molar-refractivity contribution in [3.63, 3.8) is 0 Å². The molecule has 756 valence electrons. The van der Waals surface area contributed by atoms with Gasteiger partial charge in [0.25, 0.3) is 0 Å². The Morgan fingerprint density at radius 1 is 0.267 bits per heavy atom. The summed E-state index contributed by atoms with van der Waals surface area (Å²) in [5.41, 5.74) is 5.77. The summed E-state index contributed by atoms with van der Waals surface area (Å²) < 4.78 is 36.4. The molecule has 0 saturated heterocycles. The number of hydrogen-bond donors (Lipinski definition) is 10. The zero-order chi connectivity index (χ0) is 102. The number of rotatable bonds is 59. The van der Waals surface area contributed by atoms with Gasteiger partial charge in [-0.2, -0.15) is 0 Å². The van der Waals surface area contributed by atoms with E-state index in [2.05, 4.69) is 25.8 Å². The summed E-state index contributed by atoms with van der Waals surface area (Å²) in [6.45, 7) is 24.8. The number of carbonyl (C=O) groups excluding carboxylic acids is 7. The Labute approximate surface area is 796 Å². The van der Waals surface area contributed by atoms with Crippen LogP contribution in [0.25, 0.3) is 0 Å². The molecule has 0 spiro atoms. The molecule has 0 aliphatic heterocycles. The van der Waals surface area contributed by atoms with Crippen LogP contribution in [0.5, 0.6) is 0 Å². The third kappa shape index (κ3) is 49.6. The summed E-state index contributed by atoms with van der Waals surface area (Å²) in [4.78, 5) is 110. The van der Waals surface area contributed by atoms with Crippen LogP contribution < -0.4 is 0 Å². The summed E-state index contributed by atoms with van der Waals surface area (Å²) in [6.07, 6.45) is -10.4. The lowest BCUT2D eigenvalue weighted by molar-refractivity contribution is -0.148. The van der Waals surface area contributed by atoms with Crippen LogP contribution in [-0.2, 0) is 123 Å². The molecule has 34 nitrogen and oxygen atoms in total. The van der Waals surface area contributed by atoms with Gasteiger partial charge in [0.05, 0.1) is 56.6 Å². The summed E-state index contributed by atoms with van der Waals surface area (Å²) in [5.74, 6) is -3.20. The zero-order valence-electron chi connectivity index (χ0n) is 82.7. The first-order valence-electron chi connectivity index (χ1n) is 45.4. The van der Waals surface area contributed by atoms with E-state index in [4.69, 9.17) is 57.3 Å². The van der Waals surface area contributed by atoms with Gasteiger partial charge in [-0.3, -0.25) is 33.6 Å². The molecule has 5 aromatic rings. The van der Waals surface area contributed by atoms with Gasteiger partial charge in [-0.05, 0) is 124 Å². The lowest BCUT2D eigenvalue weighted by Gasteiger charge is -2.25. The topological polar surface area (TPSA) is 494 Å². The second-order valence-electron chi connectivity index (χ2n) is 34.3. The molecule has 0 aliphatic rings. The van der Waals surface area contributed by atoms with E-state index >= 15 is 0 Å². The first-order valence-corrected chi connectivity index (χ1v) is 45.4. The highest BCUT2D eigenvalue weighted by Gasteiger charge is 2.36. The molecule has 135 heavy (non-hydrogen) atoms. The van der Waals surface area contributed by atoms with Gasteiger partial charge in [0.2, 0.25) is 0 Å². The van der Waals surface area contributed by atoms with Gasteiger partial charge < -0.3 is 108 Å². The van der Waals surface area contributed by atoms with Crippen molar-refractivity contribution in [1.29, 1.82) is 0 Å². The molecule has 0 amide bonds. The number of nitrogens with zero attached hydrogens (tertiary/aromatic N) is 5. The predicted octanol–water partition coefficient (Wildman–Crippen LogP) is 9.45. The normalized spacial score (nSPS) is 15.8. The van der Waals surface area contributed by atoms with Gasteiger partial charge in [0, 0.05) is 67.7 Å². The summed E-state index contributed by atoms with van der Waals surface area (Å²) in [5, 5.41) is 119. The van der Waals surface area contributed by atoms with Crippen LogP contribution in [0.4, 0.5) is 0 Å². The van der Waals surface area contributed by atoms with Gasteiger partial charge >= 0.3 is 11.9 Å². The number of methoxy groups -OCH3 is 7. The number of carbonyl (C=O) groups is 7. The van der Waals surface area contributed by atoms with Crippen LogP contribution in [0, 0.1) is 41.4 Å². The van der Waals surface area contributed by atoms with Crippen molar-refractivity contribution in [3.05, 3.63) is 179 Å². The van der Waals surface area contributed by atoms with Gasteiger partial charge in [0.15, 0.2) is 62.0 Å². The fourth-order valence-electron chi connectivity index (χ4n) is 13.5. The van der Waals surface area contributed by atoms with E-state index in [1.165, 1.54) is 90.0 Å². The Morgan fingerprint density at radius 3 is 0.711 bits per heavy atom. The molecule has 0 fully saturated rings. The van der Waals surface area contributed by atoms with Gasteiger partial charge in [-0.25, -0.2) is 0 Å². The third-order valence-electron chi connectivity index (χ3n) is 20.7. The minimum absolute atomic E-state index is 0.0192. The van der Waals surface area contributed by atoms with Crippen molar-refractivity contribution in [1.82, 2.24) is 0 Å². The lowest BCUT2D eigenvalue weighted by Crippen LogP contribution is -2.42. The number of ether oxygens (including phenoxy) is 7. The number of aliphatic hydroxyl groups excluding tert-OH is 10. The van der Waals surface area contributed by atoms with E-state index in [1.807, 2.05) is 221 Å². The molecule has 0 radical (unpaired) electrons. The monoisotopic (exact) mass is 1900 g/mol. The van der Waals surface area contributed by atoms with Crippen molar-refractivity contribution >= 4 is 69.4 Å². The number of ketones is 5. The van der Waals surface area contributed by atoms with E-state index in [-0.39, 0.29) is 139 Å². The van der Waals surface area contributed by atoms with E-state index in [9.17, 15) is 84.6 Å². The van der Waals surface area contributed by atoms with Gasteiger partial charge in [-0.1, -0.05) is 247 Å². The summed E-state index contributed by atoms with van der Waals surface area (Å²) in [6, 6.07) is 47.7. The Bertz CT molecular complexity index is 4130. The summed E-state index contributed by atoms with van der Waals surface area (Å²) in [7, 11) is 9.99. The van der Waals surface area contributed by atoms with Crippen molar-refractivity contribution in [3.8, 4) is 0 Å². The molecule has 5 aromatic carbocycles. The molecule has 5 rings (SSSR count). The van der Waals surface area contributed by atoms with Crippen molar-refractivity contribution in [2.24, 2.45) is 67.2 Å². The number of aryl methyl sites for hydroxylation is 2. The first kappa shape index (κ1) is 123. The molecular weight excluding hydrogens is 1750 g/mol. The fourth-order valence-corrected chi connectivity index (χ4v) is 13.5. The Kier molecular flexibility index (Phi) is 63.7. The Balaban J connectivity index is 0.000000846. The average Bonchev–Trinajstić information content (AvgIpc) is 0.870. The number of aliphatic hydroxyl groups is 10. The predicted molar refractivity (Wildman–Crippen MR) is 513 cm³/mol. The summed E-state index contributed by atoms with van der Waals surface area (Å²) >= 11 is 0. The van der Waals surface area contributed by atoms with Crippen LogP contribution in [0.1, 0.15) is 164 Å². The van der Waals surface area contributed by atoms with Crippen LogP contribution in [-0.4, -0.2) is 295 Å².